The van der Waals surface area contributed by atoms with Gasteiger partial charge in [0.2, 0.25) is 5.91 Å². The van der Waals surface area contributed by atoms with E-state index in [1.54, 1.807) is 11.3 Å². The number of guanidine groups is 1. The number of nitrogens with one attached hydrogen (secondary N) is 3. The average molecular weight is 507 g/mol. The maximum absolute atomic E-state index is 11.8. The minimum absolute atomic E-state index is 0. The Bertz CT molecular complexity index is 558. The Morgan fingerprint density at radius 2 is 2.11 bits per heavy atom. The lowest BCUT2D eigenvalue weighted by Gasteiger charge is -2.32. The molecule has 1 unspecified atom stereocenters. The second kappa shape index (κ2) is 13.3. The van der Waals surface area contributed by atoms with Crippen molar-refractivity contribution in [2.75, 3.05) is 39.8 Å². The van der Waals surface area contributed by atoms with E-state index in [0.29, 0.717) is 18.5 Å². The topological polar surface area (TPSA) is 68.8 Å². The first-order chi connectivity index (χ1) is 12.6. The van der Waals surface area contributed by atoms with Crippen LogP contribution in [0.5, 0.6) is 0 Å². The molecule has 0 saturated carbocycles. The Morgan fingerprint density at radius 3 is 2.70 bits per heavy atom. The lowest BCUT2D eigenvalue weighted by atomic mass is 10.0. The van der Waals surface area contributed by atoms with Gasteiger partial charge >= 0.3 is 0 Å². The summed E-state index contributed by atoms with van der Waals surface area (Å²) in [5.41, 5.74) is 1.37. The highest BCUT2D eigenvalue weighted by molar-refractivity contribution is 14.0. The van der Waals surface area contributed by atoms with E-state index in [2.05, 4.69) is 56.5 Å². The normalized spacial score (nSPS) is 17.1. The molecular formula is C19H34IN5OS. The first kappa shape index (κ1) is 24.2. The van der Waals surface area contributed by atoms with Crippen molar-refractivity contribution in [1.29, 1.82) is 0 Å². The maximum atomic E-state index is 11.8. The number of thiophene rings is 1. The number of amides is 1. The summed E-state index contributed by atoms with van der Waals surface area (Å²) in [7, 11) is 1.82. The maximum Gasteiger partial charge on any atom is 0.234 e. The van der Waals surface area contributed by atoms with Crippen LogP contribution in [-0.2, 0) is 4.79 Å². The summed E-state index contributed by atoms with van der Waals surface area (Å²) < 4.78 is 0. The van der Waals surface area contributed by atoms with Crippen LogP contribution in [0.4, 0.5) is 0 Å². The Labute approximate surface area is 184 Å². The van der Waals surface area contributed by atoms with Gasteiger partial charge in [0.1, 0.15) is 0 Å². The molecule has 2 rings (SSSR count). The van der Waals surface area contributed by atoms with E-state index in [0.717, 1.165) is 51.4 Å². The monoisotopic (exact) mass is 507 g/mol. The van der Waals surface area contributed by atoms with Crippen molar-refractivity contribution in [2.24, 2.45) is 4.99 Å². The fraction of sp³-hybridized carbons (Fsp3) is 0.684. The molecule has 1 amide bonds. The van der Waals surface area contributed by atoms with Crippen LogP contribution in [-0.4, -0.2) is 62.6 Å². The van der Waals surface area contributed by atoms with E-state index >= 15 is 0 Å². The fourth-order valence-electron chi connectivity index (χ4n) is 3.07. The van der Waals surface area contributed by atoms with Crippen molar-refractivity contribution in [3.05, 3.63) is 22.4 Å². The largest absolute Gasteiger partial charge is 0.356 e. The van der Waals surface area contributed by atoms with E-state index < -0.39 is 0 Å². The van der Waals surface area contributed by atoms with Crippen LogP contribution in [0.3, 0.4) is 0 Å². The van der Waals surface area contributed by atoms with Crippen LogP contribution in [0.2, 0.25) is 0 Å². The van der Waals surface area contributed by atoms with Crippen LogP contribution < -0.4 is 16.0 Å². The van der Waals surface area contributed by atoms with E-state index in [4.69, 9.17) is 0 Å². The number of aliphatic imine (C=N–C) groups is 1. The van der Waals surface area contributed by atoms with Crippen LogP contribution in [0.25, 0.3) is 0 Å². The zero-order chi connectivity index (χ0) is 18.8. The highest BCUT2D eigenvalue weighted by Crippen LogP contribution is 2.17. The predicted molar refractivity (Wildman–Crippen MR) is 125 cm³/mol. The van der Waals surface area contributed by atoms with Crippen LogP contribution in [0, 0.1) is 0 Å². The van der Waals surface area contributed by atoms with Crippen molar-refractivity contribution in [1.82, 2.24) is 20.9 Å². The van der Waals surface area contributed by atoms with Gasteiger partial charge in [0.15, 0.2) is 5.96 Å². The van der Waals surface area contributed by atoms with E-state index in [9.17, 15) is 4.79 Å². The van der Waals surface area contributed by atoms with Crippen LogP contribution >= 0.6 is 35.3 Å². The Balaban J connectivity index is 0.00000364. The fourth-order valence-corrected chi connectivity index (χ4v) is 3.85. The average Bonchev–Trinajstić information content (AvgIpc) is 3.19. The summed E-state index contributed by atoms with van der Waals surface area (Å²) >= 11 is 1.74. The number of halogens is 1. The summed E-state index contributed by atoms with van der Waals surface area (Å²) in [6, 6.07) is 2.59. The molecule has 3 N–H and O–H groups in total. The van der Waals surface area contributed by atoms with Crippen molar-refractivity contribution in [3.63, 3.8) is 0 Å². The van der Waals surface area contributed by atoms with Crippen molar-refractivity contribution < 1.29 is 4.79 Å². The van der Waals surface area contributed by atoms with Crippen molar-refractivity contribution in [2.45, 2.75) is 45.1 Å². The molecule has 154 valence electrons. The lowest BCUT2D eigenvalue weighted by Crippen LogP contribution is -2.50. The number of hydrogen-bond donors (Lipinski definition) is 3. The molecule has 6 nitrogen and oxygen atoms in total. The predicted octanol–water partition coefficient (Wildman–Crippen LogP) is 2.63. The molecule has 1 saturated heterocycles. The molecule has 1 aliphatic heterocycles. The van der Waals surface area contributed by atoms with Gasteiger partial charge in [-0.15, -0.1) is 24.0 Å². The zero-order valence-electron chi connectivity index (χ0n) is 16.7. The Hall–Kier alpha value is -0.870. The SMILES string of the molecule is CCCNC(=O)CN1CCC(NC(=NC)NCC(C)c2ccsc2)CC1.I. The van der Waals surface area contributed by atoms with Crippen molar-refractivity contribution >= 4 is 47.2 Å². The summed E-state index contributed by atoms with van der Waals surface area (Å²) in [5.74, 6) is 1.47. The first-order valence-electron chi connectivity index (χ1n) is 9.60. The number of hydrogen-bond acceptors (Lipinski definition) is 4. The quantitative estimate of drug-likeness (QED) is 0.288. The molecule has 1 atom stereocenters. The molecule has 0 spiro atoms. The van der Waals surface area contributed by atoms with Gasteiger partial charge in [-0.05, 0) is 47.6 Å². The molecule has 0 aromatic carbocycles. The molecule has 1 aromatic rings. The summed E-state index contributed by atoms with van der Waals surface area (Å²) in [6.07, 6.45) is 3.04. The molecule has 0 bridgehead atoms. The molecule has 1 fully saturated rings. The van der Waals surface area contributed by atoms with Gasteiger partial charge in [-0.2, -0.15) is 11.3 Å². The number of carbonyl (C=O) groups is 1. The van der Waals surface area contributed by atoms with Crippen molar-refractivity contribution in [3.8, 4) is 0 Å². The van der Waals surface area contributed by atoms with Crippen LogP contribution in [0.1, 0.15) is 44.6 Å². The zero-order valence-corrected chi connectivity index (χ0v) is 19.8. The van der Waals surface area contributed by atoms with Gasteiger partial charge in [-0.25, -0.2) is 0 Å². The first-order valence-corrected chi connectivity index (χ1v) is 10.5. The summed E-state index contributed by atoms with van der Waals surface area (Å²) in [4.78, 5) is 18.4. The third-order valence-corrected chi connectivity index (χ3v) is 5.48. The third kappa shape index (κ3) is 8.78. The summed E-state index contributed by atoms with van der Waals surface area (Å²) in [5, 5.41) is 14.2. The standard InChI is InChI=1S/C19H33N5OS.HI/c1-4-8-21-18(25)13-24-9-5-17(6-10-24)23-19(20-3)22-12-15(2)16-7-11-26-14-16;/h7,11,14-15,17H,4-6,8-10,12-13H2,1-3H3,(H,21,25)(H2,20,22,23);1H. The van der Waals surface area contributed by atoms with E-state index in [-0.39, 0.29) is 29.9 Å². The van der Waals surface area contributed by atoms with Gasteiger partial charge < -0.3 is 16.0 Å². The molecule has 8 heteroatoms. The van der Waals surface area contributed by atoms with Crippen LogP contribution in [0.15, 0.2) is 21.8 Å². The molecule has 27 heavy (non-hydrogen) atoms. The molecule has 0 radical (unpaired) electrons. The minimum Gasteiger partial charge on any atom is -0.356 e. The van der Waals surface area contributed by atoms with Gasteiger partial charge in [-0.1, -0.05) is 13.8 Å². The molecule has 1 aliphatic rings. The van der Waals surface area contributed by atoms with E-state index in [1.165, 1.54) is 5.56 Å². The highest BCUT2D eigenvalue weighted by Gasteiger charge is 2.21. The highest BCUT2D eigenvalue weighted by atomic mass is 127. The number of piperidine rings is 1. The second-order valence-electron chi connectivity index (χ2n) is 6.96. The lowest BCUT2D eigenvalue weighted by molar-refractivity contribution is -0.122. The number of likely N-dealkylation sites (tertiary alicyclic amines) is 1. The third-order valence-electron chi connectivity index (χ3n) is 4.78. The van der Waals surface area contributed by atoms with Gasteiger partial charge in [0.25, 0.3) is 0 Å². The minimum atomic E-state index is 0. The Morgan fingerprint density at radius 1 is 1.37 bits per heavy atom. The summed E-state index contributed by atoms with van der Waals surface area (Å²) in [6.45, 7) is 8.33. The second-order valence-corrected chi connectivity index (χ2v) is 7.74. The number of rotatable bonds is 8. The molecule has 0 aliphatic carbocycles. The van der Waals surface area contributed by atoms with Gasteiger partial charge in [0.05, 0.1) is 6.54 Å². The Kier molecular flexibility index (Phi) is 11.9. The smallest absolute Gasteiger partial charge is 0.234 e. The number of nitrogens with zero attached hydrogens (tertiary/aromatic N) is 2. The van der Waals surface area contributed by atoms with E-state index in [1.807, 2.05) is 7.05 Å². The molecule has 2 heterocycles. The molecule has 1 aromatic heterocycles. The number of carbonyl (C=O) groups excluding carboxylic acids is 1. The van der Waals surface area contributed by atoms with Gasteiger partial charge in [-0.3, -0.25) is 14.7 Å². The molecular weight excluding hydrogens is 473 g/mol. The van der Waals surface area contributed by atoms with Gasteiger partial charge in [0, 0.05) is 39.3 Å².